The molecule has 0 radical (unpaired) electrons. The summed E-state index contributed by atoms with van der Waals surface area (Å²) in [5.41, 5.74) is 5.52. The Kier molecular flexibility index (Phi) is 8.36. The summed E-state index contributed by atoms with van der Waals surface area (Å²) in [6, 6.07) is 22.8. The number of Topliss-reactive ketones (excluding diaryl/α,β-unsaturated/α-hetero) is 1. The number of aryl methyl sites for hydroxylation is 2. The van der Waals surface area contributed by atoms with E-state index in [0.29, 0.717) is 47.7 Å². The fourth-order valence-corrected chi connectivity index (χ4v) is 5.81. The highest BCUT2D eigenvalue weighted by Gasteiger charge is 2.24. The molecule has 224 valence electrons. The molecule has 1 aliphatic rings. The molecule has 2 heterocycles. The van der Waals surface area contributed by atoms with E-state index >= 15 is 0 Å². The summed E-state index contributed by atoms with van der Waals surface area (Å²) >= 11 is 0. The number of hydrogen-bond donors (Lipinski definition) is 0. The molecule has 1 aliphatic carbocycles. The summed E-state index contributed by atoms with van der Waals surface area (Å²) in [6.07, 6.45) is 4.08. The molecule has 1 atom stereocenters. The van der Waals surface area contributed by atoms with Crippen molar-refractivity contribution in [2.75, 3.05) is 0 Å². The Labute approximate surface area is 255 Å². The zero-order valence-corrected chi connectivity index (χ0v) is 24.8. The molecule has 1 fully saturated rings. The predicted octanol–water partition coefficient (Wildman–Crippen LogP) is 5.77. The average molecular weight is 590 g/mol. The van der Waals surface area contributed by atoms with Crippen molar-refractivity contribution in [3.8, 4) is 40.0 Å². The van der Waals surface area contributed by atoms with Gasteiger partial charge in [0.05, 0.1) is 11.4 Å². The Morgan fingerprint density at radius 1 is 0.955 bits per heavy atom. The second-order valence-electron chi connectivity index (χ2n) is 11.1. The molecular formula is C35H33N4O5-. The lowest BCUT2D eigenvalue weighted by atomic mass is 9.96. The largest absolute Gasteiger partial charge is 0.528 e. The van der Waals surface area contributed by atoms with E-state index in [2.05, 4.69) is 21.6 Å². The zero-order chi connectivity index (χ0) is 30.6. The van der Waals surface area contributed by atoms with Crippen molar-refractivity contribution in [2.24, 2.45) is 0 Å². The van der Waals surface area contributed by atoms with Crippen molar-refractivity contribution in [3.63, 3.8) is 0 Å². The maximum absolute atomic E-state index is 14.0. The first-order valence-electron chi connectivity index (χ1n) is 15.0. The highest BCUT2D eigenvalue weighted by molar-refractivity contribution is 5.84. The summed E-state index contributed by atoms with van der Waals surface area (Å²) in [5, 5.41) is 15.3. The summed E-state index contributed by atoms with van der Waals surface area (Å²) in [4.78, 5) is 35.0. The third-order valence-electron chi connectivity index (χ3n) is 8.01. The first-order valence-corrected chi connectivity index (χ1v) is 15.0. The molecule has 9 heteroatoms. The van der Waals surface area contributed by atoms with Crippen molar-refractivity contribution < 1.29 is 19.2 Å². The smallest absolute Gasteiger partial charge is 0.261 e. The molecule has 3 aromatic carbocycles. The second kappa shape index (κ2) is 12.7. The molecular weight excluding hydrogens is 556 g/mol. The van der Waals surface area contributed by atoms with Crippen LogP contribution in [0.25, 0.3) is 28.2 Å². The maximum Gasteiger partial charge on any atom is 0.261 e. The third kappa shape index (κ3) is 6.04. The minimum Gasteiger partial charge on any atom is -0.528 e. The van der Waals surface area contributed by atoms with Gasteiger partial charge in [0, 0.05) is 24.0 Å². The number of aromatic nitrogens is 4. The van der Waals surface area contributed by atoms with Gasteiger partial charge in [0.25, 0.3) is 5.56 Å². The van der Waals surface area contributed by atoms with Gasteiger partial charge in [-0.15, -0.1) is 0 Å². The lowest BCUT2D eigenvalue weighted by molar-refractivity contribution is -0.303. The van der Waals surface area contributed by atoms with Crippen molar-refractivity contribution >= 4 is 5.78 Å². The minimum absolute atomic E-state index is 0.1000. The molecule has 0 N–H and O–H groups in total. The molecule has 0 bridgehead atoms. The molecule has 5 aromatic rings. The van der Waals surface area contributed by atoms with E-state index in [1.807, 2.05) is 79.7 Å². The van der Waals surface area contributed by atoms with Crippen LogP contribution in [0, 0.1) is 6.92 Å². The normalized spacial score (nSPS) is 15.0. The second-order valence-corrected chi connectivity index (χ2v) is 11.1. The van der Waals surface area contributed by atoms with Gasteiger partial charge >= 0.3 is 0 Å². The fourth-order valence-electron chi connectivity index (χ4n) is 5.81. The van der Waals surface area contributed by atoms with Crippen LogP contribution in [0.3, 0.4) is 0 Å². The molecule has 0 aliphatic heterocycles. The van der Waals surface area contributed by atoms with Gasteiger partial charge in [-0.25, -0.2) is 9.97 Å². The van der Waals surface area contributed by atoms with Crippen LogP contribution in [0.1, 0.15) is 61.7 Å². The number of rotatable bonds is 9. The molecule has 9 nitrogen and oxygen atoms in total. The van der Waals surface area contributed by atoms with E-state index in [1.54, 1.807) is 4.57 Å². The Bertz CT molecular complexity index is 1840. The predicted molar refractivity (Wildman–Crippen MR) is 164 cm³/mol. The number of benzene rings is 3. The molecule has 0 amide bonds. The monoisotopic (exact) mass is 589 g/mol. The standard InChI is InChI=1S/C35H34N4O5/c1-3-8-30-29(21-23-13-15-24(16-14-23)27-9-4-5-10-28(27)33-37-35(42)44-38-33)34(41)39(22(2)36-30)25-17-19-26(20-18-25)43-32-12-7-6-11-31(32)40/h4-5,9-10,13-20,32H,3,6-8,11-12,21H2,1-2H3,(H,37,38,42)/p-1. The average Bonchev–Trinajstić information content (AvgIpc) is 3.47. The Hall–Kier alpha value is -5.05. The van der Waals surface area contributed by atoms with Crippen LogP contribution in [0.15, 0.2) is 82.1 Å². The number of ketones is 1. The van der Waals surface area contributed by atoms with Gasteiger partial charge in [-0.05, 0) is 73.6 Å². The maximum atomic E-state index is 14.0. The topological polar surface area (TPSA) is 123 Å². The number of carbonyl (C=O) groups is 1. The van der Waals surface area contributed by atoms with Crippen LogP contribution in [-0.4, -0.2) is 31.6 Å². The minimum atomic E-state index is -0.731. The number of nitrogens with zero attached hydrogens (tertiary/aromatic N) is 4. The van der Waals surface area contributed by atoms with Gasteiger partial charge in [0.1, 0.15) is 11.6 Å². The molecule has 2 aromatic heterocycles. The Morgan fingerprint density at radius 3 is 2.39 bits per heavy atom. The van der Waals surface area contributed by atoms with E-state index in [0.717, 1.165) is 48.1 Å². The first kappa shape index (κ1) is 29.0. The fraction of sp³-hybridized carbons (Fsp3) is 0.286. The molecule has 1 saturated carbocycles. The van der Waals surface area contributed by atoms with E-state index < -0.39 is 12.2 Å². The highest BCUT2D eigenvalue weighted by atomic mass is 16.6. The highest BCUT2D eigenvalue weighted by Crippen LogP contribution is 2.31. The first-order chi connectivity index (χ1) is 21.4. The van der Waals surface area contributed by atoms with Crippen molar-refractivity contribution in [1.29, 1.82) is 0 Å². The zero-order valence-electron chi connectivity index (χ0n) is 24.8. The van der Waals surface area contributed by atoms with Crippen LogP contribution >= 0.6 is 0 Å². The summed E-state index contributed by atoms with van der Waals surface area (Å²) in [6.45, 7) is 3.93. The van der Waals surface area contributed by atoms with Crippen LogP contribution < -0.4 is 15.4 Å². The molecule has 1 unspecified atom stereocenters. The number of ether oxygens (including phenoxy) is 1. The lowest BCUT2D eigenvalue weighted by Crippen LogP contribution is -2.30. The van der Waals surface area contributed by atoms with Crippen LogP contribution in [0.5, 0.6) is 11.8 Å². The third-order valence-corrected chi connectivity index (χ3v) is 8.01. The van der Waals surface area contributed by atoms with E-state index in [9.17, 15) is 14.7 Å². The number of carbonyl (C=O) groups excluding carboxylic acids is 1. The van der Waals surface area contributed by atoms with Gasteiger partial charge in [0.15, 0.2) is 23.8 Å². The van der Waals surface area contributed by atoms with Crippen LogP contribution in [0.4, 0.5) is 0 Å². The Morgan fingerprint density at radius 2 is 1.70 bits per heavy atom. The molecule has 6 rings (SSSR count). The molecule has 44 heavy (non-hydrogen) atoms. The summed E-state index contributed by atoms with van der Waals surface area (Å²) in [5.74, 6) is 1.62. The van der Waals surface area contributed by atoms with Gasteiger partial charge in [-0.1, -0.05) is 61.9 Å². The van der Waals surface area contributed by atoms with Crippen LogP contribution in [0.2, 0.25) is 0 Å². The molecule has 0 saturated heterocycles. The van der Waals surface area contributed by atoms with E-state index in [1.165, 1.54) is 0 Å². The van der Waals surface area contributed by atoms with Crippen LogP contribution in [-0.2, 0) is 17.6 Å². The van der Waals surface area contributed by atoms with Gasteiger partial charge < -0.3 is 14.4 Å². The van der Waals surface area contributed by atoms with Gasteiger partial charge in [0.2, 0.25) is 0 Å². The summed E-state index contributed by atoms with van der Waals surface area (Å²) < 4.78 is 12.3. The molecule has 0 spiro atoms. The van der Waals surface area contributed by atoms with E-state index in [4.69, 9.17) is 9.72 Å². The Balaban J connectivity index is 1.28. The van der Waals surface area contributed by atoms with Gasteiger partial charge in [-0.3, -0.25) is 14.2 Å². The van der Waals surface area contributed by atoms with Crippen molar-refractivity contribution in [2.45, 2.75) is 64.9 Å². The van der Waals surface area contributed by atoms with Gasteiger partial charge in [-0.2, -0.15) is 5.16 Å². The summed E-state index contributed by atoms with van der Waals surface area (Å²) in [7, 11) is 0. The van der Waals surface area contributed by atoms with E-state index in [-0.39, 0.29) is 17.2 Å². The van der Waals surface area contributed by atoms with Crippen molar-refractivity contribution in [3.05, 3.63) is 106 Å². The quantitative estimate of drug-likeness (QED) is 0.212. The lowest BCUT2D eigenvalue weighted by Gasteiger charge is -2.22. The van der Waals surface area contributed by atoms with Crippen molar-refractivity contribution in [1.82, 2.24) is 19.7 Å². The SMILES string of the molecule is CCCc1nc(C)n(-c2ccc(OC3CCCCC3=O)cc2)c(=O)c1Cc1ccc(-c2ccccc2-c2noc([O-])n2)cc1. The number of hydrogen-bond acceptors (Lipinski definition) is 8.